The van der Waals surface area contributed by atoms with Gasteiger partial charge in [0.15, 0.2) is 0 Å². The Labute approximate surface area is 109 Å². The third-order valence-electron chi connectivity index (χ3n) is 3.41. The van der Waals surface area contributed by atoms with Crippen molar-refractivity contribution in [3.05, 3.63) is 34.3 Å². The van der Waals surface area contributed by atoms with Gasteiger partial charge in [-0.25, -0.2) is 0 Å². The van der Waals surface area contributed by atoms with Crippen molar-refractivity contribution in [1.29, 1.82) is 0 Å². The zero-order valence-corrected chi connectivity index (χ0v) is 11.4. The van der Waals surface area contributed by atoms with Crippen LogP contribution in [-0.2, 0) is 16.0 Å². The summed E-state index contributed by atoms with van der Waals surface area (Å²) in [4.78, 5) is 12.3. The van der Waals surface area contributed by atoms with E-state index < -0.39 is 5.41 Å². The molecule has 1 heterocycles. The van der Waals surface area contributed by atoms with E-state index in [1.165, 1.54) is 0 Å². The van der Waals surface area contributed by atoms with Gasteiger partial charge in [-0.2, -0.15) is 0 Å². The Balaban J connectivity index is 2.12. The van der Waals surface area contributed by atoms with Crippen molar-refractivity contribution >= 4 is 21.7 Å². The molecular weight excluding hydrogens is 282 g/mol. The number of rotatable bonds is 3. The normalized spacial score (nSPS) is 28.3. The maximum absolute atomic E-state index is 12.3. The molecule has 1 aliphatic rings. The van der Waals surface area contributed by atoms with E-state index in [-0.39, 0.29) is 11.8 Å². The lowest BCUT2D eigenvalue weighted by Crippen LogP contribution is -2.45. The number of benzene rings is 1. The van der Waals surface area contributed by atoms with E-state index in [1.54, 1.807) is 0 Å². The highest BCUT2D eigenvalue weighted by molar-refractivity contribution is 9.10. The van der Waals surface area contributed by atoms with Crippen LogP contribution in [0.2, 0.25) is 0 Å². The molecule has 17 heavy (non-hydrogen) atoms. The maximum atomic E-state index is 12.3. The summed E-state index contributed by atoms with van der Waals surface area (Å²) in [7, 11) is 0. The van der Waals surface area contributed by atoms with Crippen molar-refractivity contribution in [2.75, 3.05) is 13.2 Å². The van der Waals surface area contributed by atoms with Crippen molar-refractivity contribution in [3.8, 4) is 0 Å². The smallest absolute Gasteiger partial charge is 0.147 e. The van der Waals surface area contributed by atoms with E-state index in [0.29, 0.717) is 19.6 Å². The second-order valence-electron chi connectivity index (χ2n) is 4.77. The molecule has 0 radical (unpaired) electrons. The molecule has 1 aliphatic heterocycles. The van der Waals surface area contributed by atoms with Crippen LogP contribution >= 0.6 is 15.9 Å². The van der Waals surface area contributed by atoms with Gasteiger partial charge in [-0.05, 0) is 24.6 Å². The van der Waals surface area contributed by atoms with E-state index in [1.807, 2.05) is 31.2 Å². The highest BCUT2D eigenvalue weighted by atomic mass is 79.9. The Hall–Kier alpha value is -0.710. The van der Waals surface area contributed by atoms with Crippen molar-refractivity contribution in [2.24, 2.45) is 11.1 Å². The van der Waals surface area contributed by atoms with Crippen LogP contribution in [0.4, 0.5) is 0 Å². The predicted molar refractivity (Wildman–Crippen MR) is 69.8 cm³/mol. The molecule has 2 atom stereocenters. The Kier molecular flexibility index (Phi) is 3.66. The van der Waals surface area contributed by atoms with Gasteiger partial charge in [0.2, 0.25) is 0 Å². The number of hydrogen-bond donors (Lipinski definition) is 1. The molecule has 1 saturated heterocycles. The molecule has 0 spiro atoms. The van der Waals surface area contributed by atoms with Gasteiger partial charge in [-0.3, -0.25) is 4.79 Å². The minimum atomic E-state index is -0.539. The van der Waals surface area contributed by atoms with Crippen molar-refractivity contribution in [1.82, 2.24) is 0 Å². The molecule has 0 bridgehead atoms. The minimum absolute atomic E-state index is 0.153. The first-order valence-electron chi connectivity index (χ1n) is 5.63. The first kappa shape index (κ1) is 12.7. The summed E-state index contributed by atoms with van der Waals surface area (Å²) in [5.74, 6) is 0.153. The Bertz CT molecular complexity index is 435. The molecule has 1 aromatic carbocycles. The lowest BCUT2D eigenvalue weighted by molar-refractivity contribution is -0.127. The summed E-state index contributed by atoms with van der Waals surface area (Å²) in [5, 5.41) is 0. The number of hydrogen-bond acceptors (Lipinski definition) is 3. The van der Waals surface area contributed by atoms with Gasteiger partial charge in [-0.15, -0.1) is 0 Å². The number of carbonyl (C=O) groups excluding carboxylic acids is 1. The van der Waals surface area contributed by atoms with Crippen LogP contribution in [-0.4, -0.2) is 25.0 Å². The molecule has 2 unspecified atom stereocenters. The fourth-order valence-corrected chi connectivity index (χ4v) is 2.46. The Morgan fingerprint density at radius 1 is 1.65 bits per heavy atom. The number of carbonyl (C=O) groups is 1. The maximum Gasteiger partial charge on any atom is 0.147 e. The van der Waals surface area contributed by atoms with Crippen molar-refractivity contribution in [3.63, 3.8) is 0 Å². The fraction of sp³-hybridized carbons (Fsp3) is 0.462. The number of Topliss-reactive ketones (excluding diaryl/α,β-unsaturated/α-hetero) is 1. The third-order valence-corrected chi connectivity index (χ3v) is 3.90. The molecular formula is C13H16BrNO2. The van der Waals surface area contributed by atoms with Crippen LogP contribution in [0.1, 0.15) is 12.5 Å². The van der Waals surface area contributed by atoms with Gasteiger partial charge < -0.3 is 10.5 Å². The largest absolute Gasteiger partial charge is 0.379 e. The van der Waals surface area contributed by atoms with Crippen molar-refractivity contribution in [2.45, 2.75) is 19.4 Å². The summed E-state index contributed by atoms with van der Waals surface area (Å²) >= 11 is 3.40. The highest BCUT2D eigenvalue weighted by Crippen LogP contribution is 2.29. The molecule has 0 aromatic heterocycles. The lowest BCUT2D eigenvalue weighted by atomic mass is 9.79. The second-order valence-corrected chi connectivity index (χ2v) is 5.68. The molecule has 0 amide bonds. The summed E-state index contributed by atoms with van der Waals surface area (Å²) in [5.41, 5.74) is 6.41. The number of nitrogens with two attached hydrogens (primary N) is 1. The Morgan fingerprint density at radius 3 is 3.00 bits per heavy atom. The first-order chi connectivity index (χ1) is 8.02. The first-order valence-corrected chi connectivity index (χ1v) is 6.43. The average Bonchev–Trinajstić information content (AvgIpc) is 2.60. The topological polar surface area (TPSA) is 52.3 Å². The molecule has 0 saturated carbocycles. The number of ether oxygens (including phenoxy) is 1. The van der Waals surface area contributed by atoms with Gasteiger partial charge >= 0.3 is 0 Å². The molecule has 1 aromatic rings. The van der Waals surface area contributed by atoms with Crippen LogP contribution in [0.25, 0.3) is 0 Å². The lowest BCUT2D eigenvalue weighted by Gasteiger charge is -2.25. The van der Waals surface area contributed by atoms with Gasteiger partial charge in [-0.1, -0.05) is 28.1 Å². The Morgan fingerprint density at radius 2 is 2.41 bits per heavy atom. The molecule has 4 heteroatoms. The third kappa shape index (κ3) is 2.59. The molecule has 2 rings (SSSR count). The average molecular weight is 298 g/mol. The van der Waals surface area contributed by atoms with Crippen LogP contribution < -0.4 is 5.73 Å². The van der Waals surface area contributed by atoms with E-state index in [0.717, 1.165) is 10.0 Å². The standard InChI is InChI=1S/C13H16BrNO2/c1-13(8-17-7-11(13)15)12(16)6-9-3-2-4-10(14)5-9/h2-5,11H,6-8,15H2,1H3. The molecule has 0 aliphatic carbocycles. The van der Waals surface area contributed by atoms with Gasteiger partial charge in [0, 0.05) is 16.9 Å². The fourth-order valence-electron chi connectivity index (χ4n) is 2.01. The van der Waals surface area contributed by atoms with E-state index in [9.17, 15) is 4.79 Å². The second kappa shape index (κ2) is 4.88. The zero-order chi connectivity index (χ0) is 12.5. The van der Waals surface area contributed by atoms with Crippen LogP contribution in [0.5, 0.6) is 0 Å². The van der Waals surface area contributed by atoms with Gasteiger partial charge in [0.05, 0.1) is 18.6 Å². The van der Waals surface area contributed by atoms with Crippen LogP contribution in [0.15, 0.2) is 28.7 Å². The van der Waals surface area contributed by atoms with Crippen LogP contribution in [0.3, 0.4) is 0 Å². The van der Waals surface area contributed by atoms with Crippen molar-refractivity contribution < 1.29 is 9.53 Å². The van der Waals surface area contributed by atoms with Crippen LogP contribution in [0, 0.1) is 5.41 Å². The molecule has 3 nitrogen and oxygen atoms in total. The SMILES string of the molecule is CC1(C(=O)Cc2cccc(Br)c2)COCC1N. The molecule has 92 valence electrons. The van der Waals surface area contributed by atoms with E-state index in [2.05, 4.69) is 15.9 Å². The summed E-state index contributed by atoms with van der Waals surface area (Å²) in [6, 6.07) is 7.60. The van der Waals surface area contributed by atoms with E-state index >= 15 is 0 Å². The predicted octanol–water partition coefficient (Wildman–Crippen LogP) is 1.92. The molecule has 1 fully saturated rings. The van der Waals surface area contributed by atoms with Gasteiger partial charge in [0.1, 0.15) is 5.78 Å². The summed E-state index contributed by atoms with van der Waals surface area (Å²) in [6.45, 7) is 2.80. The summed E-state index contributed by atoms with van der Waals surface area (Å²) in [6.07, 6.45) is 0.410. The monoisotopic (exact) mass is 297 g/mol. The zero-order valence-electron chi connectivity index (χ0n) is 9.78. The molecule has 2 N–H and O–H groups in total. The summed E-state index contributed by atoms with van der Waals surface area (Å²) < 4.78 is 6.29. The highest BCUT2D eigenvalue weighted by Gasteiger charge is 2.43. The number of halogens is 1. The quantitative estimate of drug-likeness (QED) is 0.927. The van der Waals surface area contributed by atoms with Gasteiger partial charge in [0.25, 0.3) is 0 Å². The minimum Gasteiger partial charge on any atom is -0.379 e. The van der Waals surface area contributed by atoms with E-state index in [4.69, 9.17) is 10.5 Å². The number of ketones is 1.